The number of nitrogens with one attached hydrogen (secondary N) is 1. The molecule has 0 aliphatic heterocycles. The highest BCUT2D eigenvalue weighted by atomic mass is 32.2. The molecule has 0 saturated carbocycles. The number of hydrogen-bond donors (Lipinski definition) is 2. The molecule has 1 rings (SSSR count). The van der Waals surface area contributed by atoms with Crippen molar-refractivity contribution in [2.24, 2.45) is 5.92 Å². The molecule has 0 fully saturated rings. The van der Waals surface area contributed by atoms with E-state index in [0.717, 1.165) is 11.3 Å². The van der Waals surface area contributed by atoms with E-state index < -0.39 is 22.0 Å². The van der Waals surface area contributed by atoms with Gasteiger partial charge in [-0.05, 0) is 24.3 Å². The van der Waals surface area contributed by atoms with Crippen LogP contribution >= 0.6 is 11.3 Å². The predicted octanol–water partition coefficient (Wildman–Crippen LogP) is 1.79. The van der Waals surface area contributed by atoms with E-state index in [1.54, 1.807) is 0 Å². The molecule has 8 heteroatoms. The number of hydrogen-bond acceptors (Lipinski definition) is 5. The summed E-state index contributed by atoms with van der Waals surface area (Å²) in [6.07, 6.45) is 0. The molecule has 1 aromatic rings. The Morgan fingerprint density at radius 3 is 2.65 bits per heavy atom. The maximum Gasteiger partial charge on any atom is 0.347 e. The van der Waals surface area contributed by atoms with Gasteiger partial charge < -0.3 is 9.84 Å². The Balaban J connectivity index is 2.97. The van der Waals surface area contributed by atoms with Crippen LogP contribution in [0.4, 0.5) is 0 Å². The smallest absolute Gasteiger partial charge is 0.347 e. The average Bonchev–Trinajstić information content (AvgIpc) is 2.84. The van der Waals surface area contributed by atoms with Crippen LogP contribution in [0.2, 0.25) is 0 Å². The van der Waals surface area contributed by atoms with Crippen LogP contribution in [-0.4, -0.2) is 38.7 Å². The van der Waals surface area contributed by atoms with Crippen molar-refractivity contribution in [1.29, 1.82) is 0 Å². The fourth-order valence-corrected chi connectivity index (χ4v) is 4.16. The van der Waals surface area contributed by atoms with Crippen LogP contribution in [0.15, 0.2) is 16.3 Å². The first-order chi connectivity index (χ1) is 9.29. The summed E-state index contributed by atoms with van der Waals surface area (Å²) in [5, 5.41) is 10.4. The predicted molar refractivity (Wildman–Crippen MR) is 76.7 cm³/mol. The number of carbonyl (C=O) groups is 1. The second kappa shape index (κ2) is 7.16. The lowest BCUT2D eigenvalue weighted by Crippen LogP contribution is -2.42. The highest BCUT2D eigenvalue weighted by molar-refractivity contribution is 7.89. The normalized spacial score (nSPS) is 13.6. The lowest BCUT2D eigenvalue weighted by atomic mass is 10.1. The number of carboxylic acid groups (broad SMARTS) is 1. The zero-order valence-electron chi connectivity index (χ0n) is 11.6. The average molecular weight is 321 g/mol. The zero-order valence-corrected chi connectivity index (χ0v) is 13.3. The van der Waals surface area contributed by atoms with Gasteiger partial charge in [0.1, 0.15) is 9.77 Å². The van der Waals surface area contributed by atoms with Gasteiger partial charge in [0.05, 0.1) is 6.61 Å². The van der Waals surface area contributed by atoms with E-state index in [0.29, 0.717) is 6.61 Å². The minimum atomic E-state index is -3.87. The first kappa shape index (κ1) is 17.1. The molecule has 0 spiro atoms. The van der Waals surface area contributed by atoms with E-state index in [1.165, 1.54) is 11.4 Å². The van der Waals surface area contributed by atoms with Crippen molar-refractivity contribution in [1.82, 2.24) is 4.72 Å². The number of sulfonamides is 1. The van der Waals surface area contributed by atoms with Crippen molar-refractivity contribution in [3.8, 4) is 0 Å². The van der Waals surface area contributed by atoms with Crippen LogP contribution < -0.4 is 4.72 Å². The Labute approximate surface area is 122 Å². The fraction of sp³-hybridized carbons (Fsp3) is 0.583. The van der Waals surface area contributed by atoms with E-state index in [1.807, 2.05) is 20.8 Å². The number of thiophene rings is 1. The van der Waals surface area contributed by atoms with Crippen LogP contribution in [0, 0.1) is 5.92 Å². The summed E-state index contributed by atoms with van der Waals surface area (Å²) in [4.78, 5) is 10.6. The first-order valence-corrected chi connectivity index (χ1v) is 8.56. The number of aromatic carboxylic acids is 1. The van der Waals surface area contributed by atoms with Gasteiger partial charge in [-0.25, -0.2) is 17.9 Å². The van der Waals surface area contributed by atoms with Gasteiger partial charge >= 0.3 is 5.97 Å². The minimum Gasteiger partial charge on any atom is -0.477 e. The van der Waals surface area contributed by atoms with Crippen molar-refractivity contribution in [2.45, 2.75) is 31.7 Å². The summed E-state index contributed by atoms with van der Waals surface area (Å²) in [6, 6.07) is 0.899. The number of carboxylic acids is 1. The molecule has 1 aromatic heterocycles. The molecule has 0 amide bonds. The standard InChI is InChI=1S/C12H19NO5S2/c1-4-18-7-9(8(2)3)13-20(16,17)10-5-6-19-11(10)12(14)15/h5-6,8-9,13H,4,7H2,1-3H3,(H,14,15). The molecule has 0 aromatic carbocycles. The zero-order chi connectivity index (χ0) is 15.3. The summed E-state index contributed by atoms with van der Waals surface area (Å²) in [5.74, 6) is -1.21. The molecular weight excluding hydrogens is 302 g/mol. The SMILES string of the molecule is CCOCC(NS(=O)(=O)c1ccsc1C(=O)O)C(C)C. The molecule has 20 heavy (non-hydrogen) atoms. The van der Waals surface area contributed by atoms with Crippen LogP contribution in [0.5, 0.6) is 0 Å². The van der Waals surface area contributed by atoms with Crippen molar-refractivity contribution in [3.05, 3.63) is 16.3 Å². The third kappa shape index (κ3) is 4.27. The molecule has 0 saturated heterocycles. The van der Waals surface area contributed by atoms with Gasteiger partial charge in [-0.2, -0.15) is 0 Å². The molecule has 0 aliphatic carbocycles. The summed E-state index contributed by atoms with van der Waals surface area (Å²) in [6.45, 7) is 6.31. The van der Waals surface area contributed by atoms with Crippen molar-refractivity contribution in [2.75, 3.05) is 13.2 Å². The topological polar surface area (TPSA) is 92.7 Å². The molecule has 0 bridgehead atoms. The summed E-state index contributed by atoms with van der Waals surface area (Å²) in [7, 11) is -3.87. The molecule has 114 valence electrons. The Morgan fingerprint density at radius 2 is 2.15 bits per heavy atom. The highest BCUT2D eigenvalue weighted by Crippen LogP contribution is 2.22. The number of rotatable bonds is 8. The van der Waals surface area contributed by atoms with E-state index in [9.17, 15) is 13.2 Å². The van der Waals surface area contributed by atoms with Crippen molar-refractivity contribution >= 4 is 27.3 Å². The molecule has 1 unspecified atom stereocenters. The van der Waals surface area contributed by atoms with Gasteiger partial charge in [0.15, 0.2) is 0 Å². The quantitative estimate of drug-likeness (QED) is 0.761. The molecule has 1 atom stereocenters. The van der Waals surface area contributed by atoms with E-state index >= 15 is 0 Å². The van der Waals surface area contributed by atoms with Gasteiger partial charge in [0, 0.05) is 12.6 Å². The van der Waals surface area contributed by atoms with Gasteiger partial charge in [-0.1, -0.05) is 13.8 Å². The molecule has 0 aliphatic rings. The summed E-state index contributed by atoms with van der Waals surface area (Å²) >= 11 is 0.888. The Morgan fingerprint density at radius 1 is 1.50 bits per heavy atom. The maximum atomic E-state index is 12.3. The van der Waals surface area contributed by atoms with Crippen molar-refractivity contribution in [3.63, 3.8) is 0 Å². The Hall–Kier alpha value is -0.960. The number of ether oxygens (including phenoxy) is 1. The lowest BCUT2D eigenvalue weighted by molar-refractivity contribution is 0.0698. The highest BCUT2D eigenvalue weighted by Gasteiger charge is 2.27. The molecule has 6 nitrogen and oxygen atoms in total. The minimum absolute atomic E-state index is 0.0308. The second-order valence-corrected chi connectivity index (χ2v) is 7.15. The Kier molecular flexibility index (Phi) is 6.12. The maximum absolute atomic E-state index is 12.3. The van der Waals surface area contributed by atoms with Crippen LogP contribution in [0.25, 0.3) is 0 Å². The second-order valence-electron chi connectivity index (χ2n) is 4.55. The van der Waals surface area contributed by atoms with E-state index in [4.69, 9.17) is 9.84 Å². The fourth-order valence-electron chi connectivity index (χ4n) is 1.54. The van der Waals surface area contributed by atoms with Gasteiger partial charge in [0.2, 0.25) is 10.0 Å². The third-order valence-corrected chi connectivity index (χ3v) is 5.29. The van der Waals surface area contributed by atoms with Gasteiger partial charge in [-0.15, -0.1) is 11.3 Å². The lowest BCUT2D eigenvalue weighted by Gasteiger charge is -2.21. The largest absolute Gasteiger partial charge is 0.477 e. The van der Waals surface area contributed by atoms with Crippen LogP contribution in [0.1, 0.15) is 30.4 Å². The van der Waals surface area contributed by atoms with Crippen molar-refractivity contribution < 1.29 is 23.1 Å². The van der Waals surface area contributed by atoms with Gasteiger partial charge in [0.25, 0.3) is 0 Å². The van der Waals surface area contributed by atoms with Crippen LogP contribution in [-0.2, 0) is 14.8 Å². The summed E-state index contributed by atoms with van der Waals surface area (Å²) in [5.41, 5.74) is 0. The molecule has 1 heterocycles. The van der Waals surface area contributed by atoms with Gasteiger partial charge in [-0.3, -0.25) is 0 Å². The summed E-state index contributed by atoms with van der Waals surface area (Å²) < 4.78 is 32.3. The first-order valence-electron chi connectivity index (χ1n) is 6.20. The van der Waals surface area contributed by atoms with E-state index in [-0.39, 0.29) is 22.3 Å². The molecular formula is C12H19NO5S2. The molecule has 0 radical (unpaired) electrons. The van der Waals surface area contributed by atoms with E-state index in [2.05, 4.69) is 4.72 Å². The van der Waals surface area contributed by atoms with Crippen LogP contribution in [0.3, 0.4) is 0 Å². The monoisotopic (exact) mass is 321 g/mol. The molecule has 2 N–H and O–H groups in total. The third-order valence-electron chi connectivity index (χ3n) is 2.73. The Bertz CT molecular complexity index is 550.